The molecule has 1 unspecified atom stereocenters. The number of benzene rings is 1. The summed E-state index contributed by atoms with van der Waals surface area (Å²) in [6.07, 6.45) is 2.45. The molecule has 0 aliphatic carbocycles. The number of nitrogens with zero attached hydrogens (tertiary/aromatic N) is 2. The number of anilines is 1. The molecule has 1 aliphatic heterocycles. The maximum absolute atomic E-state index is 13.3. The van der Waals surface area contributed by atoms with E-state index in [0.29, 0.717) is 11.7 Å². The molecule has 4 heteroatoms. The Balaban J connectivity index is 1.99. The quantitative estimate of drug-likeness (QED) is 0.833. The second-order valence-electron chi connectivity index (χ2n) is 5.37. The molecule has 0 bridgehead atoms. The van der Waals surface area contributed by atoms with E-state index >= 15 is 0 Å². The van der Waals surface area contributed by atoms with Crippen LogP contribution in [0, 0.1) is 5.82 Å². The van der Waals surface area contributed by atoms with Crippen LogP contribution in [0.25, 0.3) is 0 Å². The van der Waals surface area contributed by atoms with Crippen molar-refractivity contribution in [2.75, 3.05) is 32.9 Å². The fourth-order valence-corrected chi connectivity index (χ4v) is 2.68. The molecule has 1 saturated heterocycles. The average Bonchev–Trinajstić information content (AvgIpc) is 2.27. The number of halogens is 1. The first-order valence-electron chi connectivity index (χ1n) is 6.48. The summed E-state index contributed by atoms with van der Waals surface area (Å²) in [5.41, 5.74) is 7.12. The summed E-state index contributed by atoms with van der Waals surface area (Å²) >= 11 is 0. The monoisotopic (exact) mass is 251 g/mol. The van der Waals surface area contributed by atoms with E-state index in [4.69, 9.17) is 5.73 Å². The maximum Gasteiger partial charge on any atom is 0.125 e. The van der Waals surface area contributed by atoms with Crippen LogP contribution >= 0.6 is 0 Å². The van der Waals surface area contributed by atoms with E-state index in [2.05, 4.69) is 23.9 Å². The van der Waals surface area contributed by atoms with Crippen molar-refractivity contribution < 1.29 is 4.39 Å². The molecular formula is C14H22FN3. The van der Waals surface area contributed by atoms with Gasteiger partial charge in [-0.2, -0.15) is 0 Å². The van der Waals surface area contributed by atoms with E-state index in [1.54, 1.807) is 6.07 Å². The van der Waals surface area contributed by atoms with E-state index < -0.39 is 0 Å². The number of hydrogen-bond donors (Lipinski definition) is 1. The molecule has 1 aliphatic rings. The zero-order valence-corrected chi connectivity index (χ0v) is 11.2. The van der Waals surface area contributed by atoms with Crippen molar-refractivity contribution in [3.63, 3.8) is 0 Å². The van der Waals surface area contributed by atoms with E-state index in [-0.39, 0.29) is 5.82 Å². The Kier molecular flexibility index (Phi) is 4.19. The van der Waals surface area contributed by atoms with Gasteiger partial charge < -0.3 is 10.6 Å². The lowest BCUT2D eigenvalue weighted by molar-refractivity contribution is 0.129. The van der Waals surface area contributed by atoms with Crippen LogP contribution in [0.3, 0.4) is 0 Å². The standard InChI is InChI=1S/C14H22FN3/c1-17-5-3-4-14(10-17)18(2)9-11-6-12(15)8-13(16)7-11/h6-8,14H,3-5,9-10,16H2,1-2H3. The number of nitrogens with two attached hydrogens (primary N) is 1. The Morgan fingerprint density at radius 3 is 2.89 bits per heavy atom. The van der Waals surface area contributed by atoms with Gasteiger partial charge in [0.05, 0.1) is 0 Å². The number of likely N-dealkylation sites (tertiary alicyclic amines) is 1. The van der Waals surface area contributed by atoms with Crippen LogP contribution in [0.4, 0.5) is 10.1 Å². The lowest BCUT2D eigenvalue weighted by Crippen LogP contribution is -2.44. The Bertz CT molecular complexity index is 388. The van der Waals surface area contributed by atoms with Crippen molar-refractivity contribution in [3.8, 4) is 0 Å². The molecule has 3 nitrogen and oxygen atoms in total. The van der Waals surface area contributed by atoms with Crippen molar-refractivity contribution >= 4 is 5.69 Å². The first-order valence-corrected chi connectivity index (χ1v) is 6.48. The summed E-state index contributed by atoms with van der Waals surface area (Å²) < 4.78 is 13.3. The van der Waals surface area contributed by atoms with E-state index in [1.165, 1.54) is 25.5 Å². The largest absolute Gasteiger partial charge is 0.399 e. The molecule has 0 aromatic heterocycles. The summed E-state index contributed by atoms with van der Waals surface area (Å²) in [5, 5.41) is 0. The van der Waals surface area contributed by atoms with Gasteiger partial charge in [-0.15, -0.1) is 0 Å². The summed E-state index contributed by atoms with van der Waals surface area (Å²) in [6, 6.07) is 5.33. The third-order valence-electron chi connectivity index (χ3n) is 3.63. The highest BCUT2D eigenvalue weighted by molar-refractivity contribution is 5.41. The van der Waals surface area contributed by atoms with Gasteiger partial charge in [0.25, 0.3) is 0 Å². The van der Waals surface area contributed by atoms with Crippen LogP contribution in [0.15, 0.2) is 18.2 Å². The second-order valence-corrected chi connectivity index (χ2v) is 5.37. The molecule has 1 fully saturated rings. The summed E-state index contributed by atoms with van der Waals surface area (Å²) in [5.74, 6) is -0.251. The normalized spacial score (nSPS) is 21.4. The summed E-state index contributed by atoms with van der Waals surface area (Å²) in [7, 11) is 4.26. The van der Waals surface area contributed by atoms with Crippen LogP contribution in [0.1, 0.15) is 18.4 Å². The van der Waals surface area contributed by atoms with Crippen molar-refractivity contribution in [1.82, 2.24) is 9.80 Å². The predicted molar refractivity (Wildman–Crippen MR) is 72.8 cm³/mol. The van der Waals surface area contributed by atoms with Crippen LogP contribution < -0.4 is 5.73 Å². The zero-order valence-electron chi connectivity index (χ0n) is 11.2. The van der Waals surface area contributed by atoms with E-state index in [9.17, 15) is 4.39 Å². The van der Waals surface area contributed by atoms with E-state index in [0.717, 1.165) is 18.7 Å². The molecule has 0 amide bonds. The molecule has 2 N–H and O–H groups in total. The first-order chi connectivity index (χ1) is 8.54. The predicted octanol–water partition coefficient (Wildman–Crippen LogP) is 1.93. The lowest BCUT2D eigenvalue weighted by Gasteiger charge is -2.35. The SMILES string of the molecule is CN1CCCC(N(C)Cc2cc(N)cc(F)c2)C1. The fourth-order valence-electron chi connectivity index (χ4n) is 2.68. The van der Waals surface area contributed by atoms with Gasteiger partial charge in [0.1, 0.15) is 5.82 Å². The molecule has 100 valence electrons. The topological polar surface area (TPSA) is 32.5 Å². The molecule has 18 heavy (non-hydrogen) atoms. The third kappa shape index (κ3) is 3.43. The fraction of sp³-hybridized carbons (Fsp3) is 0.571. The molecule has 1 heterocycles. The van der Waals surface area contributed by atoms with Crippen molar-refractivity contribution in [2.24, 2.45) is 0 Å². The summed E-state index contributed by atoms with van der Waals surface area (Å²) in [6.45, 7) is 3.01. The average molecular weight is 251 g/mol. The molecule has 0 saturated carbocycles. The van der Waals surface area contributed by atoms with Crippen molar-refractivity contribution in [2.45, 2.75) is 25.4 Å². The number of rotatable bonds is 3. The van der Waals surface area contributed by atoms with Gasteiger partial charge in [0.15, 0.2) is 0 Å². The number of piperidine rings is 1. The van der Waals surface area contributed by atoms with E-state index in [1.807, 2.05) is 6.07 Å². The van der Waals surface area contributed by atoms with Gasteiger partial charge in [-0.1, -0.05) is 0 Å². The van der Waals surface area contributed by atoms with Crippen LogP contribution in [-0.2, 0) is 6.54 Å². The minimum atomic E-state index is -0.251. The summed E-state index contributed by atoms with van der Waals surface area (Å²) in [4.78, 5) is 4.65. The molecule has 1 aromatic carbocycles. The lowest BCUT2D eigenvalue weighted by atomic mass is 10.0. The van der Waals surface area contributed by atoms with Gasteiger partial charge in [0, 0.05) is 24.8 Å². The maximum atomic E-state index is 13.3. The molecule has 0 radical (unpaired) electrons. The Hall–Kier alpha value is -1.13. The Labute approximate surface area is 108 Å². The highest BCUT2D eigenvalue weighted by Crippen LogP contribution is 2.17. The molecular weight excluding hydrogens is 229 g/mol. The molecule has 1 atom stereocenters. The third-order valence-corrected chi connectivity index (χ3v) is 3.63. The second kappa shape index (κ2) is 5.67. The van der Waals surface area contributed by atoms with Gasteiger partial charge in [0.2, 0.25) is 0 Å². The van der Waals surface area contributed by atoms with Crippen molar-refractivity contribution in [3.05, 3.63) is 29.6 Å². The Morgan fingerprint density at radius 2 is 2.22 bits per heavy atom. The van der Waals surface area contributed by atoms with Gasteiger partial charge in [-0.05, 0) is 57.2 Å². The highest BCUT2D eigenvalue weighted by atomic mass is 19.1. The first kappa shape index (κ1) is 13.3. The minimum Gasteiger partial charge on any atom is -0.399 e. The van der Waals surface area contributed by atoms with Crippen molar-refractivity contribution in [1.29, 1.82) is 0 Å². The zero-order chi connectivity index (χ0) is 13.1. The molecule has 0 spiro atoms. The number of hydrogen-bond acceptors (Lipinski definition) is 3. The number of likely N-dealkylation sites (N-methyl/N-ethyl adjacent to an activating group) is 2. The molecule has 1 aromatic rings. The van der Waals surface area contributed by atoms with Gasteiger partial charge >= 0.3 is 0 Å². The number of nitrogen functional groups attached to an aromatic ring is 1. The van der Waals surface area contributed by atoms with Crippen LogP contribution in [0.5, 0.6) is 0 Å². The minimum absolute atomic E-state index is 0.251. The van der Waals surface area contributed by atoms with Gasteiger partial charge in [-0.3, -0.25) is 4.90 Å². The van der Waals surface area contributed by atoms with Crippen LogP contribution in [0.2, 0.25) is 0 Å². The highest BCUT2D eigenvalue weighted by Gasteiger charge is 2.21. The van der Waals surface area contributed by atoms with Gasteiger partial charge in [-0.25, -0.2) is 4.39 Å². The Morgan fingerprint density at radius 1 is 1.44 bits per heavy atom. The smallest absolute Gasteiger partial charge is 0.125 e. The van der Waals surface area contributed by atoms with Crippen LogP contribution in [-0.4, -0.2) is 43.0 Å². The molecule has 2 rings (SSSR count).